The van der Waals surface area contributed by atoms with Crippen LogP contribution < -0.4 is 0 Å². The summed E-state index contributed by atoms with van der Waals surface area (Å²) in [4.78, 5) is 5.96. The monoisotopic (exact) mass is 210 g/mol. The highest BCUT2D eigenvalue weighted by Gasteiger charge is 2.23. The topological polar surface area (TPSA) is 15.6 Å². The highest BCUT2D eigenvalue weighted by Crippen LogP contribution is 2.29. The molecule has 0 saturated heterocycles. The molecule has 0 aliphatic rings. The third-order valence-electron chi connectivity index (χ3n) is 2.20. The maximum atomic E-state index is 13.8. The van der Waals surface area contributed by atoms with Crippen molar-refractivity contribution < 1.29 is 4.39 Å². The van der Waals surface area contributed by atoms with Crippen molar-refractivity contribution in [1.82, 2.24) is 4.90 Å². The van der Waals surface area contributed by atoms with Crippen molar-refractivity contribution in [3.63, 3.8) is 0 Å². The molecule has 0 aliphatic carbocycles. The van der Waals surface area contributed by atoms with Crippen LogP contribution in [0.15, 0.2) is 16.5 Å². The van der Waals surface area contributed by atoms with Gasteiger partial charge in [0, 0.05) is 14.1 Å². The molecule has 0 fully saturated rings. The van der Waals surface area contributed by atoms with Crippen molar-refractivity contribution in [3.05, 3.63) is 11.5 Å². The average Bonchev–Trinajstić information content (AvgIpc) is 2.16. The summed E-state index contributed by atoms with van der Waals surface area (Å²) in [5, 5.41) is 0. The average molecular weight is 210 g/mol. The Labute approximate surface area is 91.9 Å². The number of nitrogens with zero attached hydrogens (tertiary/aromatic N) is 2. The van der Waals surface area contributed by atoms with E-state index >= 15 is 0 Å². The van der Waals surface area contributed by atoms with Crippen LogP contribution in [0.3, 0.4) is 0 Å². The van der Waals surface area contributed by atoms with E-state index in [0.717, 1.165) is 5.84 Å². The zero-order valence-electron chi connectivity index (χ0n) is 10.3. The Hall–Kier alpha value is -1.30. The number of terminal acetylenes is 1. The highest BCUT2D eigenvalue weighted by molar-refractivity contribution is 5.80. The smallest absolute Gasteiger partial charge is 0.139 e. The van der Waals surface area contributed by atoms with Gasteiger partial charge < -0.3 is 4.90 Å². The Kier molecular flexibility index (Phi) is 4.54. The summed E-state index contributed by atoms with van der Waals surface area (Å²) in [5.74, 6) is 2.80. The predicted octanol–water partition coefficient (Wildman–Crippen LogP) is 2.83. The first-order valence-corrected chi connectivity index (χ1v) is 4.79. The summed E-state index contributed by atoms with van der Waals surface area (Å²) in [6.07, 6.45) is 5.25. The van der Waals surface area contributed by atoms with Gasteiger partial charge in [-0.2, -0.15) is 0 Å². The lowest BCUT2D eigenvalue weighted by Gasteiger charge is -2.17. The first-order chi connectivity index (χ1) is 6.72. The molecule has 0 spiro atoms. The van der Waals surface area contributed by atoms with E-state index in [2.05, 4.69) is 10.9 Å². The van der Waals surface area contributed by atoms with Crippen LogP contribution in [0.2, 0.25) is 0 Å². The van der Waals surface area contributed by atoms with E-state index in [1.54, 1.807) is 20.8 Å². The lowest BCUT2D eigenvalue weighted by molar-refractivity contribution is 0.433. The van der Waals surface area contributed by atoms with Crippen molar-refractivity contribution in [2.24, 2.45) is 10.4 Å². The molecule has 0 radical (unpaired) electrons. The molecule has 0 amide bonds. The van der Waals surface area contributed by atoms with Crippen molar-refractivity contribution in [3.8, 4) is 12.3 Å². The second-order valence-electron chi connectivity index (χ2n) is 4.22. The normalized spacial score (nSPS) is 14.4. The van der Waals surface area contributed by atoms with Gasteiger partial charge in [-0.05, 0) is 27.7 Å². The maximum Gasteiger partial charge on any atom is 0.139 e. The standard InChI is InChI=1S/C12H19FN2/c1-8-12(4,5)11(13)9(2)14-10(3)15(6)7/h1H,2-7H3/b11-9+,14-10?. The van der Waals surface area contributed by atoms with E-state index < -0.39 is 5.41 Å². The molecule has 0 atom stereocenters. The van der Waals surface area contributed by atoms with Gasteiger partial charge in [-0.15, -0.1) is 6.42 Å². The molecule has 0 bridgehead atoms. The van der Waals surface area contributed by atoms with Crippen molar-refractivity contribution in [2.45, 2.75) is 27.7 Å². The molecule has 15 heavy (non-hydrogen) atoms. The van der Waals surface area contributed by atoms with Crippen LogP contribution in [0.1, 0.15) is 27.7 Å². The molecule has 3 heteroatoms. The molecule has 0 N–H and O–H groups in total. The van der Waals surface area contributed by atoms with Gasteiger partial charge in [0.2, 0.25) is 0 Å². The quantitative estimate of drug-likeness (QED) is 0.389. The summed E-state index contributed by atoms with van der Waals surface area (Å²) in [5.41, 5.74) is -0.552. The third kappa shape index (κ3) is 3.75. The van der Waals surface area contributed by atoms with E-state index in [1.807, 2.05) is 25.9 Å². The molecular weight excluding hydrogens is 191 g/mol. The van der Waals surface area contributed by atoms with Gasteiger partial charge in [0.15, 0.2) is 0 Å². The summed E-state index contributed by atoms with van der Waals surface area (Å²) >= 11 is 0. The zero-order chi connectivity index (χ0) is 12.2. The van der Waals surface area contributed by atoms with Crippen LogP contribution in [0, 0.1) is 17.8 Å². The molecule has 0 heterocycles. The van der Waals surface area contributed by atoms with Crippen LogP contribution in [0.25, 0.3) is 0 Å². The van der Waals surface area contributed by atoms with Crippen LogP contribution in [0.4, 0.5) is 4.39 Å². The Morgan fingerprint density at radius 1 is 1.33 bits per heavy atom. The molecule has 2 nitrogen and oxygen atoms in total. The van der Waals surface area contributed by atoms with E-state index in [4.69, 9.17) is 6.42 Å². The van der Waals surface area contributed by atoms with Crippen molar-refractivity contribution >= 4 is 5.84 Å². The number of amidine groups is 1. The molecule has 0 aromatic heterocycles. The number of hydrogen-bond donors (Lipinski definition) is 0. The van der Waals surface area contributed by atoms with Crippen molar-refractivity contribution in [1.29, 1.82) is 0 Å². The second kappa shape index (κ2) is 4.97. The lowest BCUT2D eigenvalue weighted by Crippen LogP contribution is -2.19. The Morgan fingerprint density at radius 3 is 2.13 bits per heavy atom. The van der Waals surface area contributed by atoms with E-state index in [1.165, 1.54) is 0 Å². The van der Waals surface area contributed by atoms with Crippen LogP contribution in [-0.4, -0.2) is 24.8 Å². The Balaban J connectivity index is 5.16. The largest absolute Gasteiger partial charge is 0.366 e. The molecule has 0 aromatic carbocycles. The highest BCUT2D eigenvalue weighted by atomic mass is 19.1. The minimum Gasteiger partial charge on any atom is -0.366 e. The van der Waals surface area contributed by atoms with E-state index in [9.17, 15) is 4.39 Å². The first kappa shape index (κ1) is 13.7. The fourth-order valence-corrected chi connectivity index (χ4v) is 0.907. The first-order valence-electron chi connectivity index (χ1n) is 4.79. The fourth-order valence-electron chi connectivity index (χ4n) is 0.907. The molecule has 0 saturated carbocycles. The zero-order valence-corrected chi connectivity index (χ0v) is 10.3. The van der Waals surface area contributed by atoms with Crippen LogP contribution in [0.5, 0.6) is 0 Å². The van der Waals surface area contributed by atoms with Gasteiger partial charge in [0.05, 0.1) is 11.1 Å². The maximum absolute atomic E-state index is 13.8. The minimum atomic E-state index is -0.889. The number of allylic oxidation sites excluding steroid dienone is 2. The fraction of sp³-hybridized carbons (Fsp3) is 0.583. The summed E-state index contributed by atoms with van der Waals surface area (Å²) in [6.45, 7) is 6.76. The van der Waals surface area contributed by atoms with Gasteiger partial charge >= 0.3 is 0 Å². The number of rotatable bonds is 2. The number of aliphatic imine (C=N–C) groups is 1. The number of halogens is 1. The van der Waals surface area contributed by atoms with Gasteiger partial charge in [-0.3, -0.25) is 0 Å². The lowest BCUT2D eigenvalue weighted by atomic mass is 9.92. The van der Waals surface area contributed by atoms with Crippen LogP contribution in [-0.2, 0) is 0 Å². The molecule has 0 rings (SSSR count). The van der Waals surface area contributed by atoms with Gasteiger partial charge in [0.1, 0.15) is 11.7 Å². The van der Waals surface area contributed by atoms with Gasteiger partial charge in [0.25, 0.3) is 0 Å². The second-order valence-corrected chi connectivity index (χ2v) is 4.22. The Bertz CT molecular complexity index is 330. The summed E-state index contributed by atoms with van der Waals surface area (Å²) < 4.78 is 13.8. The van der Waals surface area contributed by atoms with Gasteiger partial charge in [-0.1, -0.05) is 5.92 Å². The van der Waals surface area contributed by atoms with Crippen molar-refractivity contribution in [2.75, 3.05) is 14.1 Å². The van der Waals surface area contributed by atoms with Gasteiger partial charge in [-0.25, -0.2) is 9.38 Å². The predicted molar refractivity (Wildman–Crippen MR) is 63.2 cm³/mol. The Morgan fingerprint density at radius 2 is 1.80 bits per heavy atom. The van der Waals surface area contributed by atoms with Crippen LogP contribution >= 0.6 is 0 Å². The minimum absolute atomic E-state index is 0.337. The molecular formula is C12H19FN2. The SMILES string of the molecule is C#CC(C)(C)/C(F)=C(/C)N=C(C)N(C)C. The molecule has 0 aromatic rings. The summed E-state index contributed by atoms with van der Waals surface area (Å²) in [7, 11) is 3.71. The third-order valence-corrected chi connectivity index (χ3v) is 2.20. The molecule has 84 valence electrons. The number of hydrogen-bond acceptors (Lipinski definition) is 1. The summed E-state index contributed by atoms with van der Waals surface area (Å²) in [6, 6.07) is 0. The molecule has 0 unspecified atom stereocenters. The molecule has 0 aliphatic heterocycles. The van der Waals surface area contributed by atoms with E-state index in [0.29, 0.717) is 5.70 Å². The van der Waals surface area contributed by atoms with E-state index in [-0.39, 0.29) is 5.83 Å².